The molecule has 7 nitrogen and oxygen atoms in total. The first-order valence-corrected chi connectivity index (χ1v) is 13.8. The lowest BCUT2D eigenvalue weighted by molar-refractivity contribution is -0.154. The Bertz CT molecular complexity index is 1060. The van der Waals surface area contributed by atoms with Crippen molar-refractivity contribution in [3.05, 3.63) is 42.0 Å². The topological polar surface area (TPSA) is 87.2 Å². The molecule has 4 rings (SSSR count). The average Bonchev–Trinajstić information content (AvgIpc) is 3.47. The molecule has 1 spiro atoms. The van der Waals surface area contributed by atoms with Crippen LogP contribution in [0.2, 0.25) is 0 Å². The van der Waals surface area contributed by atoms with Crippen LogP contribution in [-0.2, 0) is 19.1 Å². The summed E-state index contributed by atoms with van der Waals surface area (Å²) in [6.07, 6.45) is 3.13. The second-order valence-corrected chi connectivity index (χ2v) is 12.2. The number of thioether (sulfide) groups is 1. The van der Waals surface area contributed by atoms with E-state index in [-0.39, 0.29) is 42.2 Å². The van der Waals surface area contributed by atoms with E-state index in [2.05, 4.69) is 6.58 Å². The van der Waals surface area contributed by atoms with Gasteiger partial charge in [0.05, 0.1) is 35.8 Å². The molecule has 2 amide bonds. The molecule has 3 saturated heterocycles. The second-order valence-electron chi connectivity index (χ2n) is 10.6. The van der Waals surface area contributed by atoms with Gasteiger partial charge < -0.3 is 19.6 Å². The monoisotopic (exact) mass is 514 g/mol. The Kier molecular flexibility index (Phi) is 7.58. The molecule has 3 fully saturated rings. The van der Waals surface area contributed by atoms with Crippen molar-refractivity contribution in [2.24, 2.45) is 17.8 Å². The zero-order valence-corrected chi connectivity index (χ0v) is 22.7. The Morgan fingerprint density at radius 2 is 2.08 bits per heavy atom. The maximum absolute atomic E-state index is 14.6. The first-order chi connectivity index (χ1) is 17.1. The number of aryl methyl sites for hydroxylation is 2. The van der Waals surface area contributed by atoms with Gasteiger partial charge in [-0.05, 0) is 56.7 Å². The number of carbonyl (C=O) groups excluding carboxylic acids is 3. The number of amides is 2. The van der Waals surface area contributed by atoms with Crippen LogP contribution in [0.5, 0.6) is 0 Å². The van der Waals surface area contributed by atoms with E-state index in [1.54, 1.807) is 34.6 Å². The van der Waals surface area contributed by atoms with Gasteiger partial charge in [-0.1, -0.05) is 32.1 Å². The predicted molar refractivity (Wildman–Crippen MR) is 142 cm³/mol. The van der Waals surface area contributed by atoms with Crippen LogP contribution in [0.4, 0.5) is 5.69 Å². The highest BCUT2D eigenvalue weighted by Gasteiger charge is 2.75. The molecule has 2 bridgehead atoms. The minimum Gasteiger partial charge on any atom is -0.466 e. The molecule has 36 heavy (non-hydrogen) atoms. The summed E-state index contributed by atoms with van der Waals surface area (Å²) in [5.41, 5.74) is 2.77. The van der Waals surface area contributed by atoms with Gasteiger partial charge in [0.15, 0.2) is 0 Å². The van der Waals surface area contributed by atoms with E-state index in [4.69, 9.17) is 4.74 Å². The quantitative estimate of drug-likeness (QED) is 0.401. The molecule has 0 aliphatic carbocycles. The Labute approximate surface area is 218 Å². The maximum atomic E-state index is 14.6. The van der Waals surface area contributed by atoms with E-state index in [0.717, 1.165) is 23.2 Å². The van der Waals surface area contributed by atoms with Gasteiger partial charge in [-0.2, -0.15) is 0 Å². The molecular formula is C28H38N2O5S. The summed E-state index contributed by atoms with van der Waals surface area (Å²) in [4.78, 5) is 45.1. The summed E-state index contributed by atoms with van der Waals surface area (Å²) in [7, 11) is 0. The van der Waals surface area contributed by atoms with E-state index in [9.17, 15) is 19.5 Å². The standard InChI is InChI=1S/C28H38N2O5S/c1-7-13-29(19-14-17(5)9-10-18(19)6)26(33)24-28-12-11-21(36-28)22(27(34)35-8-2)23(28)25(32)30(24)20(15-31)16(3)4/h7,9-10,14,16,20-24,31H,1,8,11-13,15H2,2-6H3/t20-,21-,22+,23-,24?,28?/m0/s1. The van der Waals surface area contributed by atoms with Crippen LogP contribution in [0, 0.1) is 31.6 Å². The molecule has 3 heterocycles. The van der Waals surface area contributed by atoms with Gasteiger partial charge in [-0.3, -0.25) is 14.4 Å². The van der Waals surface area contributed by atoms with Crippen molar-refractivity contribution >= 4 is 35.2 Å². The first-order valence-electron chi connectivity index (χ1n) is 12.9. The van der Waals surface area contributed by atoms with Crippen molar-refractivity contribution in [1.29, 1.82) is 0 Å². The summed E-state index contributed by atoms with van der Waals surface area (Å²) in [6, 6.07) is 4.67. The molecule has 3 aliphatic rings. The molecule has 8 heteroatoms. The van der Waals surface area contributed by atoms with E-state index in [1.807, 2.05) is 45.9 Å². The van der Waals surface area contributed by atoms with Crippen molar-refractivity contribution in [2.45, 2.75) is 69.5 Å². The third kappa shape index (κ3) is 4.06. The number of rotatable bonds is 9. The minimum absolute atomic E-state index is 0.0457. The number of benzene rings is 1. The summed E-state index contributed by atoms with van der Waals surface area (Å²) in [6.45, 7) is 13.8. The number of fused-ring (bicyclic) bond motifs is 1. The normalized spacial score (nSPS) is 29.4. The number of aliphatic hydroxyl groups excluding tert-OH is 1. The summed E-state index contributed by atoms with van der Waals surface area (Å²) in [5.74, 6) is -2.03. The van der Waals surface area contributed by atoms with Crippen LogP contribution >= 0.6 is 11.8 Å². The number of carbonyl (C=O) groups is 3. The first kappa shape index (κ1) is 26.7. The van der Waals surface area contributed by atoms with E-state index in [1.165, 1.54) is 0 Å². The maximum Gasteiger partial charge on any atom is 0.310 e. The van der Waals surface area contributed by atoms with Crippen molar-refractivity contribution in [3.63, 3.8) is 0 Å². The lowest BCUT2D eigenvalue weighted by Crippen LogP contribution is -2.58. The van der Waals surface area contributed by atoms with Crippen LogP contribution < -0.4 is 4.90 Å². The molecule has 3 aliphatic heterocycles. The highest BCUT2D eigenvalue weighted by molar-refractivity contribution is 8.02. The third-order valence-electron chi connectivity index (χ3n) is 8.08. The number of ether oxygens (including phenoxy) is 1. The molecule has 2 unspecified atom stereocenters. The Hall–Kier alpha value is -2.32. The van der Waals surface area contributed by atoms with Crippen LogP contribution in [0.1, 0.15) is 44.7 Å². The van der Waals surface area contributed by atoms with E-state index < -0.39 is 28.7 Å². The van der Waals surface area contributed by atoms with E-state index >= 15 is 0 Å². The fourth-order valence-electron chi connectivity index (χ4n) is 6.45. The average molecular weight is 515 g/mol. The number of hydrogen-bond acceptors (Lipinski definition) is 6. The number of aliphatic hydroxyl groups is 1. The molecule has 1 aromatic carbocycles. The van der Waals surface area contributed by atoms with Gasteiger partial charge in [-0.15, -0.1) is 18.3 Å². The second kappa shape index (κ2) is 10.2. The molecule has 1 aromatic rings. The molecule has 6 atom stereocenters. The van der Waals surface area contributed by atoms with Gasteiger partial charge in [0, 0.05) is 17.5 Å². The van der Waals surface area contributed by atoms with Gasteiger partial charge in [-0.25, -0.2) is 0 Å². The molecule has 196 valence electrons. The predicted octanol–water partition coefficient (Wildman–Crippen LogP) is 3.49. The molecule has 0 radical (unpaired) electrons. The van der Waals surface area contributed by atoms with Crippen LogP contribution in [0.25, 0.3) is 0 Å². The highest BCUT2D eigenvalue weighted by atomic mass is 32.2. The zero-order valence-electron chi connectivity index (χ0n) is 21.9. The summed E-state index contributed by atoms with van der Waals surface area (Å²) < 4.78 is 4.67. The lowest BCUT2D eigenvalue weighted by Gasteiger charge is -2.41. The third-order valence-corrected chi connectivity index (χ3v) is 10.0. The van der Waals surface area contributed by atoms with Crippen LogP contribution in [0.3, 0.4) is 0 Å². The molecule has 0 aromatic heterocycles. The molecule has 1 N–H and O–H groups in total. The van der Waals surface area contributed by atoms with E-state index in [0.29, 0.717) is 13.0 Å². The SMILES string of the molecule is C=CCN(C(=O)C1N([C@@H](CO)C(C)C)C(=O)[C@@H]2[C@H](C(=O)OCC)[C@@H]3CCC12S3)c1cc(C)ccc1C. The van der Waals surface area contributed by atoms with Crippen molar-refractivity contribution in [1.82, 2.24) is 4.90 Å². The lowest BCUT2D eigenvalue weighted by atomic mass is 9.71. The van der Waals surface area contributed by atoms with Crippen LogP contribution in [-0.4, -0.2) is 69.6 Å². The van der Waals surface area contributed by atoms with Crippen molar-refractivity contribution < 1.29 is 24.2 Å². The minimum atomic E-state index is -0.788. The fraction of sp³-hybridized carbons (Fsp3) is 0.607. The molecule has 0 saturated carbocycles. The number of esters is 1. The number of hydrogen-bond donors (Lipinski definition) is 1. The molecular weight excluding hydrogens is 476 g/mol. The number of nitrogens with zero attached hydrogens (tertiary/aromatic N) is 2. The Morgan fingerprint density at radius 3 is 2.69 bits per heavy atom. The zero-order chi connectivity index (χ0) is 26.4. The van der Waals surface area contributed by atoms with Gasteiger partial charge in [0.2, 0.25) is 5.91 Å². The largest absolute Gasteiger partial charge is 0.466 e. The summed E-state index contributed by atoms with van der Waals surface area (Å²) in [5, 5.41) is 10.3. The Morgan fingerprint density at radius 1 is 1.36 bits per heavy atom. The van der Waals surface area contributed by atoms with Gasteiger partial charge in [0.25, 0.3) is 5.91 Å². The van der Waals surface area contributed by atoms with Gasteiger partial charge in [0.1, 0.15) is 6.04 Å². The Balaban J connectivity index is 1.85. The van der Waals surface area contributed by atoms with Crippen molar-refractivity contribution in [3.8, 4) is 0 Å². The van der Waals surface area contributed by atoms with Crippen molar-refractivity contribution in [2.75, 3.05) is 24.7 Å². The number of likely N-dealkylation sites (tertiary alicyclic amines) is 1. The smallest absolute Gasteiger partial charge is 0.310 e. The van der Waals surface area contributed by atoms with Gasteiger partial charge >= 0.3 is 5.97 Å². The number of anilines is 1. The fourth-order valence-corrected chi connectivity index (χ4v) is 8.64. The summed E-state index contributed by atoms with van der Waals surface area (Å²) >= 11 is 1.62. The van der Waals surface area contributed by atoms with Crippen LogP contribution in [0.15, 0.2) is 30.9 Å². The highest BCUT2D eigenvalue weighted by Crippen LogP contribution is 2.67.